The van der Waals surface area contributed by atoms with Crippen molar-refractivity contribution in [2.45, 2.75) is 25.2 Å². The van der Waals surface area contributed by atoms with Gasteiger partial charge in [-0.3, -0.25) is 10.1 Å². The molecule has 0 fully saturated rings. The lowest BCUT2D eigenvalue weighted by Gasteiger charge is -2.11. The number of sulfonamides is 1. The van der Waals surface area contributed by atoms with Crippen molar-refractivity contribution in [1.29, 1.82) is 0 Å². The largest absolute Gasteiger partial charge is 0.490 e. The van der Waals surface area contributed by atoms with Crippen molar-refractivity contribution in [3.05, 3.63) is 58.1 Å². The molecule has 0 bridgehead atoms. The van der Waals surface area contributed by atoms with Crippen molar-refractivity contribution in [3.8, 4) is 11.5 Å². The van der Waals surface area contributed by atoms with Gasteiger partial charge in [-0.15, -0.1) is 0 Å². The molecule has 0 aromatic heterocycles. The number of nitro groups is 1. The molecule has 10 heteroatoms. The summed E-state index contributed by atoms with van der Waals surface area (Å²) in [6.07, 6.45) is 2.16. The molecule has 150 valence electrons. The van der Waals surface area contributed by atoms with Crippen LogP contribution < -0.4 is 14.3 Å². The van der Waals surface area contributed by atoms with E-state index in [0.29, 0.717) is 30.3 Å². The number of non-ortho nitro benzene ring substituents is 1. The van der Waals surface area contributed by atoms with Gasteiger partial charge in [0.2, 0.25) is 0 Å². The van der Waals surface area contributed by atoms with E-state index < -0.39 is 14.9 Å². The lowest BCUT2D eigenvalue weighted by Crippen LogP contribution is -2.18. The van der Waals surface area contributed by atoms with Crippen LogP contribution in [0, 0.1) is 10.1 Å². The van der Waals surface area contributed by atoms with E-state index in [1.54, 1.807) is 18.2 Å². The maximum atomic E-state index is 12.2. The van der Waals surface area contributed by atoms with Gasteiger partial charge in [0, 0.05) is 12.1 Å². The second-order valence-electron chi connectivity index (χ2n) is 5.60. The van der Waals surface area contributed by atoms with Crippen LogP contribution in [-0.2, 0) is 10.0 Å². The molecule has 28 heavy (non-hydrogen) atoms. The van der Waals surface area contributed by atoms with Crippen LogP contribution in [0.5, 0.6) is 11.5 Å². The quantitative estimate of drug-likeness (QED) is 0.367. The van der Waals surface area contributed by atoms with Crippen LogP contribution >= 0.6 is 0 Å². The van der Waals surface area contributed by atoms with E-state index in [1.165, 1.54) is 24.4 Å². The van der Waals surface area contributed by atoms with Gasteiger partial charge >= 0.3 is 0 Å². The van der Waals surface area contributed by atoms with Crippen LogP contribution in [0.15, 0.2) is 52.5 Å². The number of hydrazone groups is 1. The number of nitrogens with one attached hydrogen (secondary N) is 1. The van der Waals surface area contributed by atoms with E-state index in [-0.39, 0.29) is 10.6 Å². The van der Waals surface area contributed by atoms with Gasteiger partial charge in [0.25, 0.3) is 15.7 Å². The zero-order valence-corrected chi connectivity index (χ0v) is 16.3. The molecule has 0 saturated carbocycles. The smallest absolute Gasteiger partial charge is 0.276 e. The van der Waals surface area contributed by atoms with Crippen LogP contribution in [0.1, 0.15) is 25.8 Å². The summed E-state index contributed by atoms with van der Waals surface area (Å²) in [4.78, 5) is 11.9. The molecule has 0 aliphatic rings. The Hall–Kier alpha value is -3.14. The molecule has 0 unspecified atom stereocenters. The van der Waals surface area contributed by atoms with Gasteiger partial charge in [0.1, 0.15) is 0 Å². The van der Waals surface area contributed by atoms with Gasteiger partial charge in [-0.2, -0.15) is 13.5 Å². The maximum Gasteiger partial charge on any atom is 0.276 e. The Balaban J connectivity index is 2.15. The summed E-state index contributed by atoms with van der Waals surface area (Å²) in [5, 5.41) is 14.5. The normalized spacial score (nSPS) is 11.4. The van der Waals surface area contributed by atoms with Crippen LogP contribution in [0.4, 0.5) is 5.69 Å². The predicted molar refractivity (Wildman–Crippen MR) is 104 cm³/mol. The first-order valence-electron chi connectivity index (χ1n) is 8.56. The summed E-state index contributed by atoms with van der Waals surface area (Å²) < 4.78 is 35.6. The summed E-state index contributed by atoms with van der Waals surface area (Å²) in [6.45, 7) is 4.84. The fourth-order valence-corrected chi connectivity index (χ4v) is 3.02. The lowest BCUT2D eigenvalue weighted by atomic mass is 10.2. The highest BCUT2D eigenvalue weighted by Crippen LogP contribution is 2.28. The third-order valence-electron chi connectivity index (χ3n) is 3.45. The summed E-state index contributed by atoms with van der Waals surface area (Å²) in [5.74, 6) is 1.12. The van der Waals surface area contributed by atoms with Gasteiger partial charge in [0.05, 0.1) is 29.2 Å². The molecule has 0 heterocycles. The first kappa shape index (κ1) is 21.2. The molecule has 0 amide bonds. The Morgan fingerprint density at radius 1 is 1.14 bits per heavy atom. The molecule has 1 N–H and O–H groups in total. The average Bonchev–Trinajstić information content (AvgIpc) is 2.67. The van der Waals surface area contributed by atoms with E-state index in [0.717, 1.165) is 12.5 Å². The van der Waals surface area contributed by atoms with Crippen LogP contribution in [0.25, 0.3) is 0 Å². The van der Waals surface area contributed by atoms with Crippen molar-refractivity contribution in [1.82, 2.24) is 4.83 Å². The Morgan fingerprint density at radius 2 is 1.93 bits per heavy atom. The van der Waals surface area contributed by atoms with Crippen molar-refractivity contribution in [3.63, 3.8) is 0 Å². The molecule has 9 nitrogen and oxygen atoms in total. The van der Waals surface area contributed by atoms with E-state index in [2.05, 4.69) is 5.10 Å². The minimum absolute atomic E-state index is 0.253. The summed E-state index contributed by atoms with van der Waals surface area (Å²) in [7, 11) is -4.04. The molecular formula is C18H21N3O6S. The van der Waals surface area contributed by atoms with Crippen LogP contribution in [0.3, 0.4) is 0 Å². The minimum atomic E-state index is -4.04. The number of nitrogens with zero attached hydrogens (tertiary/aromatic N) is 2. The zero-order chi connectivity index (χ0) is 20.6. The topological polar surface area (TPSA) is 120 Å². The Bertz CT molecular complexity index is 960. The Morgan fingerprint density at radius 3 is 2.61 bits per heavy atom. The third-order valence-corrected chi connectivity index (χ3v) is 4.67. The van der Waals surface area contributed by atoms with Gasteiger partial charge in [0.15, 0.2) is 11.5 Å². The second-order valence-corrected chi connectivity index (χ2v) is 7.26. The van der Waals surface area contributed by atoms with E-state index in [1.807, 2.05) is 18.7 Å². The summed E-state index contributed by atoms with van der Waals surface area (Å²) in [5.41, 5.74) is 0.268. The van der Waals surface area contributed by atoms with Gasteiger partial charge in [-0.25, -0.2) is 4.83 Å². The molecule has 2 aromatic carbocycles. The third kappa shape index (κ3) is 5.68. The molecular weight excluding hydrogens is 386 g/mol. The molecule has 2 rings (SSSR count). The number of ether oxygens (including phenoxy) is 2. The van der Waals surface area contributed by atoms with Crippen molar-refractivity contribution < 1.29 is 22.8 Å². The van der Waals surface area contributed by atoms with Crippen molar-refractivity contribution in [2.75, 3.05) is 13.2 Å². The molecule has 0 aliphatic heterocycles. The Labute approximate surface area is 163 Å². The lowest BCUT2D eigenvalue weighted by molar-refractivity contribution is -0.385. The fourth-order valence-electron chi connectivity index (χ4n) is 2.19. The highest BCUT2D eigenvalue weighted by atomic mass is 32.2. The van der Waals surface area contributed by atoms with Gasteiger partial charge < -0.3 is 9.47 Å². The average molecular weight is 407 g/mol. The first-order valence-corrected chi connectivity index (χ1v) is 10.0. The fraction of sp³-hybridized carbons (Fsp3) is 0.278. The van der Waals surface area contributed by atoms with Gasteiger partial charge in [-0.05, 0) is 43.2 Å². The van der Waals surface area contributed by atoms with Crippen molar-refractivity contribution in [2.24, 2.45) is 5.10 Å². The van der Waals surface area contributed by atoms with Crippen molar-refractivity contribution >= 4 is 21.9 Å². The number of rotatable bonds is 10. The standard InChI is InChI=1S/C18H21N3O6S/c1-3-10-27-17-9-8-14(11-18(17)26-4-2)13-19-20-28(24,25)16-7-5-6-15(12-16)21(22)23/h5-9,11-13,20H,3-4,10H2,1-2H3/b19-13+. The molecule has 0 aliphatic carbocycles. The van der Waals surface area contributed by atoms with E-state index in [4.69, 9.17) is 9.47 Å². The van der Waals surface area contributed by atoms with E-state index >= 15 is 0 Å². The highest BCUT2D eigenvalue weighted by molar-refractivity contribution is 7.89. The SMILES string of the molecule is CCCOc1ccc(/C=N/NS(=O)(=O)c2cccc([N+](=O)[O-])c2)cc1OCC. The maximum absolute atomic E-state index is 12.2. The van der Waals surface area contributed by atoms with E-state index in [9.17, 15) is 18.5 Å². The molecule has 0 saturated heterocycles. The zero-order valence-electron chi connectivity index (χ0n) is 15.5. The van der Waals surface area contributed by atoms with Crippen LogP contribution in [-0.4, -0.2) is 32.8 Å². The highest BCUT2D eigenvalue weighted by Gasteiger charge is 2.16. The monoisotopic (exact) mass is 407 g/mol. The number of hydrogen-bond acceptors (Lipinski definition) is 7. The molecule has 0 radical (unpaired) electrons. The Kier molecular flexibility index (Phi) is 7.33. The first-order chi connectivity index (χ1) is 13.4. The number of benzene rings is 2. The molecule has 2 aromatic rings. The van der Waals surface area contributed by atoms with Gasteiger partial charge in [-0.1, -0.05) is 13.0 Å². The predicted octanol–water partition coefficient (Wildman–Crippen LogP) is 3.09. The molecule has 0 spiro atoms. The second kappa shape index (κ2) is 9.70. The summed E-state index contributed by atoms with van der Waals surface area (Å²) in [6, 6.07) is 9.82. The molecule has 0 atom stereocenters. The van der Waals surface area contributed by atoms with Crippen LogP contribution in [0.2, 0.25) is 0 Å². The number of nitro benzene ring substituents is 1. The number of hydrogen-bond donors (Lipinski definition) is 1. The minimum Gasteiger partial charge on any atom is -0.490 e. The summed E-state index contributed by atoms with van der Waals surface area (Å²) >= 11 is 0.